The van der Waals surface area contributed by atoms with Crippen LogP contribution in [0.1, 0.15) is 20.8 Å². The first-order valence-electron chi connectivity index (χ1n) is 7.21. The lowest BCUT2D eigenvalue weighted by molar-refractivity contribution is -0.555. The van der Waals surface area contributed by atoms with E-state index >= 15 is 0 Å². The van der Waals surface area contributed by atoms with Crippen LogP contribution >= 0.6 is 0 Å². The highest BCUT2D eigenvalue weighted by Gasteiger charge is 2.54. The van der Waals surface area contributed by atoms with E-state index in [0.29, 0.717) is 11.8 Å². The Bertz CT molecular complexity index is 675. The smallest absolute Gasteiger partial charge is 0.270 e. The number of carbonyl (C=O) groups excluding carboxylic acids is 2. The molecule has 0 aromatic heterocycles. The van der Waals surface area contributed by atoms with Crippen molar-refractivity contribution in [3.63, 3.8) is 0 Å². The number of hydrogen-bond donors (Lipinski definition) is 1. The van der Waals surface area contributed by atoms with Crippen molar-refractivity contribution in [1.82, 2.24) is 15.2 Å². The molecule has 0 spiro atoms. The van der Waals surface area contributed by atoms with Crippen LogP contribution in [0.4, 0.5) is 4.79 Å². The Morgan fingerprint density at radius 2 is 2.14 bits per heavy atom. The average molecular weight is 303 g/mol. The molecule has 2 unspecified atom stereocenters. The van der Waals surface area contributed by atoms with Crippen LogP contribution in [0.15, 0.2) is 22.2 Å². The molecule has 3 heterocycles. The summed E-state index contributed by atoms with van der Waals surface area (Å²) in [5.41, 5.74) is 3.72. The standard InChI is InChI=1S/C14H18N6O2/c1-5-6-7-19-12(21)10-11(18(4)14(19)22)15-13-17-16-8(2)9(3)20(10)13/h5-6,9-10H,7H2,1-4H3/p+1/b6-5+. The fourth-order valence-electron chi connectivity index (χ4n) is 2.78. The van der Waals surface area contributed by atoms with Gasteiger partial charge in [0, 0.05) is 13.6 Å². The van der Waals surface area contributed by atoms with Gasteiger partial charge in [0.2, 0.25) is 11.9 Å². The molecule has 3 rings (SSSR count). The summed E-state index contributed by atoms with van der Waals surface area (Å²) in [7, 11) is 1.64. The normalized spacial score (nSPS) is 27.8. The molecule has 116 valence electrons. The largest absolute Gasteiger partial charge is 0.414 e. The minimum atomic E-state index is -0.587. The van der Waals surface area contributed by atoms with Gasteiger partial charge >= 0.3 is 12.0 Å². The molecule has 22 heavy (non-hydrogen) atoms. The van der Waals surface area contributed by atoms with Gasteiger partial charge in [0.15, 0.2) is 0 Å². The lowest BCUT2D eigenvalue weighted by Gasteiger charge is -2.34. The molecule has 8 heteroatoms. The first-order valence-corrected chi connectivity index (χ1v) is 7.21. The van der Waals surface area contributed by atoms with Gasteiger partial charge in [-0.15, -0.1) is 5.10 Å². The first kappa shape index (κ1) is 14.4. The number of nitrogens with zero attached hydrogens (tertiary/aromatic N) is 5. The van der Waals surface area contributed by atoms with Gasteiger partial charge in [0.25, 0.3) is 5.91 Å². The predicted molar refractivity (Wildman–Crippen MR) is 81.9 cm³/mol. The zero-order valence-electron chi connectivity index (χ0n) is 13.1. The van der Waals surface area contributed by atoms with Crippen molar-refractivity contribution in [2.45, 2.75) is 32.9 Å². The topological polar surface area (TPSA) is 80.4 Å². The molecule has 2 atom stereocenters. The lowest BCUT2D eigenvalue weighted by atomic mass is 10.1. The number of carbonyl (C=O) groups is 2. The Kier molecular flexibility index (Phi) is 3.31. The second-order valence-corrected chi connectivity index (χ2v) is 5.50. The van der Waals surface area contributed by atoms with E-state index in [1.165, 1.54) is 9.80 Å². The summed E-state index contributed by atoms with van der Waals surface area (Å²) >= 11 is 0. The number of amides is 3. The number of allylic oxidation sites excluding steroid dienone is 1. The van der Waals surface area contributed by atoms with Gasteiger partial charge in [-0.3, -0.25) is 14.6 Å². The van der Waals surface area contributed by atoms with E-state index in [9.17, 15) is 9.59 Å². The molecule has 0 bridgehead atoms. The molecule has 1 saturated heterocycles. The summed E-state index contributed by atoms with van der Waals surface area (Å²) in [6, 6.07) is -1.00. The monoisotopic (exact) mass is 303 g/mol. The number of nitrogens with one attached hydrogen (secondary N) is 1. The number of fused-ring (bicyclic) bond motifs is 2. The van der Waals surface area contributed by atoms with Crippen molar-refractivity contribution in [2.24, 2.45) is 10.1 Å². The summed E-state index contributed by atoms with van der Waals surface area (Å²) in [4.78, 5) is 32.3. The lowest BCUT2D eigenvalue weighted by Crippen LogP contribution is -2.64. The van der Waals surface area contributed by atoms with E-state index < -0.39 is 6.04 Å². The van der Waals surface area contributed by atoms with Crippen LogP contribution in [-0.2, 0) is 4.79 Å². The van der Waals surface area contributed by atoms with Gasteiger partial charge in [-0.2, -0.15) is 5.43 Å². The minimum absolute atomic E-state index is 0.0587. The Balaban J connectivity index is 2.00. The third-order valence-corrected chi connectivity index (χ3v) is 4.23. The van der Waals surface area contributed by atoms with Crippen molar-refractivity contribution in [2.75, 3.05) is 13.6 Å². The van der Waals surface area contributed by atoms with E-state index in [2.05, 4.69) is 15.5 Å². The quantitative estimate of drug-likeness (QED) is 0.575. The fourth-order valence-corrected chi connectivity index (χ4v) is 2.78. The number of amidine groups is 1. The Morgan fingerprint density at radius 1 is 1.41 bits per heavy atom. The van der Waals surface area contributed by atoms with E-state index in [4.69, 9.17) is 0 Å². The Morgan fingerprint density at radius 3 is 2.82 bits per heavy atom. The highest BCUT2D eigenvalue weighted by molar-refractivity contribution is 6.23. The van der Waals surface area contributed by atoms with Crippen molar-refractivity contribution in [3.8, 4) is 0 Å². The molecular weight excluding hydrogens is 284 g/mol. The Labute approximate surface area is 128 Å². The van der Waals surface area contributed by atoms with Crippen molar-refractivity contribution >= 4 is 29.4 Å². The van der Waals surface area contributed by atoms with E-state index in [1.54, 1.807) is 13.1 Å². The SMILES string of the molecule is C/C=C/CN1C(=O)C2C(=NC3=[N+]2C(C)C(C)=NN3)N(C)C1=O. The highest BCUT2D eigenvalue weighted by atomic mass is 16.2. The summed E-state index contributed by atoms with van der Waals surface area (Å²) in [6.45, 7) is 5.98. The van der Waals surface area contributed by atoms with E-state index in [1.807, 2.05) is 31.4 Å². The van der Waals surface area contributed by atoms with E-state index in [-0.39, 0.29) is 24.5 Å². The molecule has 3 aliphatic rings. The molecule has 3 aliphatic heterocycles. The van der Waals surface area contributed by atoms with Crippen LogP contribution < -0.4 is 5.43 Å². The maximum atomic E-state index is 12.8. The number of rotatable bonds is 2. The fraction of sp³-hybridized carbons (Fsp3) is 0.500. The van der Waals surface area contributed by atoms with Crippen LogP contribution in [0.5, 0.6) is 0 Å². The maximum Gasteiger partial charge on any atom is 0.414 e. The van der Waals surface area contributed by atoms with Gasteiger partial charge in [0.05, 0.1) is 5.71 Å². The third-order valence-electron chi connectivity index (χ3n) is 4.23. The summed E-state index contributed by atoms with van der Waals surface area (Å²) in [6.07, 6.45) is 3.61. The number of hydrogen-bond acceptors (Lipinski definition) is 5. The van der Waals surface area contributed by atoms with Gasteiger partial charge in [-0.25, -0.2) is 9.37 Å². The average Bonchev–Trinajstić information content (AvgIpc) is 2.89. The second kappa shape index (κ2) is 5.04. The number of hydrazone groups is 1. The van der Waals surface area contributed by atoms with Crippen LogP contribution in [0.3, 0.4) is 0 Å². The zero-order chi connectivity index (χ0) is 16.0. The van der Waals surface area contributed by atoms with Crippen LogP contribution in [0.2, 0.25) is 0 Å². The molecule has 0 aromatic rings. The summed E-state index contributed by atoms with van der Waals surface area (Å²) < 4.78 is 1.88. The van der Waals surface area contributed by atoms with Gasteiger partial charge in [-0.05, 0) is 20.8 Å². The third kappa shape index (κ3) is 1.87. The maximum absolute atomic E-state index is 12.8. The number of urea groups is 1. The first-order chi connectivity index (χ1) is 10.5. The van der Waals surface area contributed by atoms with Crippen molar-refractivity contribution in [1.29, 1.82) is 0 Å². The minimum Gasteiger partial charge on any atom is -0.270 e. The molecule has 0 radical (unpaired) electrons. The Hall–Kier alpha value is -2.51. The van der Waals surface area contributed by atoms with Gasteiger partial charge < -0.3 is 0 Å². The van der Waals surface area contributed by atoms with E-state index in [0.717, 1.165) is 5.71 Å². The van der Waals surface area contributed by atoms with Crippen LogP contribution in [0.25, 0.3) is 0 Å². The molecular formula is C14H19N6O2+. The van der Waals surface area contributed by atoms with Gasteiger partial charge in [0.1, 0.15) is 6.04 Å². The number of guanidine groups is 1. The number of aliphatic imine (C=N–C) groups is 1. The van der Waals surface area contributed by atoms with Crippen LogP contribution in [-0.4, -0.2) is 69.5 Å². The zero-order valence-corrected chi connectivity index (χ0v) is 13.1. The molecule has 8 nitrogen and oxygen atoms in total. The molecule has 3 amide bonds. The summed E-state index contributed by atoms with van der Waals surface area (Å²) in [5, 5.41) is 4.19. The molecule has 1 fully saturated rings. The molecule has 1 N–H and O–H groups in total. The second-order valence-electron chi connectivity index (χ2n) is 5.50. The molecule has 0 saturated carbocycles. The number of imide groups is 1. The number of likely N-dealkylation sites (N-methyl/N-ethyl adjacent to an activating group) is 1. The molecule has 0 aromatic carbocycles. The summed E-state index contributed by atoms with van der Waals surface area (Å²) in [5.74, 6) is 0.711. The van der Waals surface area contributed by atoms with Crippen LogP contribution in [0, 0.1) is 0 Å². The van der Waals surface area contributed by atoms with Gasteiger partial charge in [-0.1, -0.05) is 17.1 Å². The highest BCUT2D eigenvalue weighted by Crippen LogP contribution is 2.22. The molecule has 0 aliphatic carbocycles. The predicted octanol–water partition coefficient (Wildman–Crippen LogP) is -0.0267. The van der Waals surface area contributed by atoms with Crippen molar-refractivity contribution in [3.05, 3.63) is 12.2 Å². The van der Waals surface area contributed by atoms with Crippen molar-refractivity contribution < 1.29 is 14.2 Å².